The highest BCUT2D eigenvalue weighted by atomic mass is 32.1. The Kier molecular flexibility index (Phi) is 4.79. The summed E-state index contributed by atoms with van der Waals surface area (Å²) in [5.74, 6) is 1.40. The molecule has 0 saturated carbocycles. The summed E-state index contributed by atoms with van der Waals surface area (Å²) in [7, 11) is 0. The van der Waals surface area contributed by atoms with Crippen molar-refractivity contribution in [1.82, 2.24) is 5.32 Å². The van der Waals surface area contributed by atoms with Gasteiger partial charge in [0.05, 0.1) is 12.3 Å². The lowest BCUT2D eigenvalue weighted by Crippen LogP contribution is -2.30. The zero-order valence-corrected chi connectivity index (χ0v) is 12.8. The smallest absolute Gasteiger partial charge is 0.171 e. The van der Waals surface area contributed by atoms with E-state index in [1.165, 1.54) is 5.56 Å². The van der Waals surface area contributed by atoms with Crippen LogP contribution in [0.3, 0.4) is 0 Å². The standard InChI is InChI=1S/C16H20N2OS/c1-11(2)13-6-8-14(9-7-13)18-16(20)17-12(3)15-5-4-10-19-15/h4-12H,1-3H3,(H2,17,18,20)/t12-/m0/s1. The molecule has 0 aliphatic heterocycles. The Morgan fingerprint density at radius 1 is 1.10 bits per heavy atom. The summed E-state index contributed by atoms with van der Waals surface area (Å²) in [5, 5.41) is 6.96. The van der Waals surface area contributed by atoms with Gasteiger partial charge in [-0.15, -0.1) is 0 Å². The first kappa shape index (κ1) is 14.6. The van der Waals surface area contributed by atoms with Crippen molar-refractivity contribution in [2.75, 3.05) is 5.32 Å². The van der Waals surface area contributed by atoms with Crippen LogP contribution in [-0.2, 0) is 0 Å². The van der Waals surface area contributed by atoms with Crippen molar-refractivity contribution in [2.24, 2.45) is 0 Å². The molecule has 2 N–H and O–H groups in total. The van der Waals surface area contributed by atoms with Gasteiger partial charge in [-0.05, 0) is 54.9 Å². The van der Waals surface area contributed by atoms with Gasteiger partial charge in [0.1, 0.15) is 5.76 Å². The van der Waals surface area contributed by atoms with Gasteiger partial charge in [-0.1, -0.05) is 26.0 Å². The summed E-state index contributed by atoms with van der Waals surface area (Å²) in [6, 6.07) is 12.2. The number of anilines is 1. The zero-order valence-electron chi connectivity index (χ0n) is 12.0. The van der Waals surface area contributed by atoms with Crippen molar-refractivity contribution < 1.29 is 4.42 Å². The fraction of sp³-hybridized carbons (Fsp3) is 0.312. The van der Waals surface area contributed by atoms with Gasteiger partial charge in [0.25, 0.3) is 0 Å². The van der Waals surface area contributed by atoms with Crippen LogP contribution in [0.4, 0.5) is 5.69 Å². The molecule has 1 heterocycles. The summed E-state index contributed by atoms with van der Waals surface area (Å²) in [5.41, 5.74) is 2.30. The summed E-state index contributed by atoms with van der Waals surface area (Å²) >= 11 is 5.31. The highest BCUT2D eigenvalue weighted by Gasteiger charge is 2.09. The van der Waals surface area contributed by atoms with Gasteiger partial charge >= 0.3 is 0 Å². The van der Waals surface area contributed by atoms with Gasteiger partial charge in [-0.2, -0.15) is 0 Å². The summed E-state index contributed by atoms with van der Waals surface area (Å²) in [6.45, 7) is 6.37. The Hall–Kier alpha value is -1.81. The van der Waals surface area contributed by atoms with Crippen LogP contribution in [0.2, 0.25) is 0 Å². The Labute approximate surface area is 125 Å². The number of rotatable bonds is 4. The Morgan fingerprint density at radius 3 is 2.35 bits per heavy atom. The quantitative estimate of drug-likeness (QED) is 0.815. The first-order valence-corrected chi connectivity index (χ1v) is 7.18. The van der Waals surface area contributed by atoms with E-state index in [-0.39, 0.29) is 6.04 Å². The topological polar surface area (TPSA) is 37.2 Å². The molecule has 0 fully saturated rings. The molecule has 0 amide bonds. The van der Waals surface area contributed by atoms with Crippen LogP contribution in [-0.4, -0.2) is 5.11 Å². The Balaban J connectivity index is 1.91. The highest BCUT2D eigenvalue weighted by molar-refractivity contribution is 7.80. The third-order valence-electron chi connectivity index (χ3n) is 3.15. The number of thiocarbonyl (C=S) groups is 1. The molecule has 4 heteroatoms. The van der Waals surface area contributed by atoms with E-state index in [0.29, 0.717) is 11.0 Å². The summed E-state index contributed by atoms with van der Waals surface area (Å²) in [6.07, 6.45) is 1.66. The fourth-order valence-corrected chi connectivity index (χ4v) is 2.22. The number of furan rings is 1. The monoisotopic (exact) mass is 288 g/mol. The molecule has 1 aromatic carbocycles. The maximum atomic E-state index is 5.34. The van der Waals surface area contributed by atoms with Gasteiger partial charge in [0.2, 0.25) is 0 Å². The lowest BCUT2D eigenvalue weighted by atomic mass is 10.0. The lowest BCUT2D eigenvalue weighted by Gasteiger charge is -2.15. The van der Waals surface area contributed by atoms with E-state index >= 15 is 0 Å². The van der Waals surface area contributed by atoms with Gasteiger partial charge in [0, 0.05) is 5.69 Å². The second-order valence-electron chi connectivity index (χ2n) is 5.11. The van der Waals surface area contributed by atoms with Crippen molar-refractivity contribution >= 4 is 23.0 Å². The average molecular weight is 288 g/mol. The second-order valence-corrected chi connectivity index (χ2v) is 5.52. The normalized spacial score (nSPS) is 12.2. The largest absolute Gasteiger partial charge is 0.467 e. The first-order valence-electron chi connectivity index (χ1n) is 6.77. The number of nitrogens with one attached hydrogen (secondary N) is 2. The predicted molar refractivity (Wildman–Crippen MR) is 87.0 cm³/mol. The van der Waals surface area contributed by atoms with E-state index in [0.717, 1.165) is 11.4 Å². The molecule has 0 radical (unpaired) electrons. The molecule has 2 rings (SSSR count). The fourth-order valence-electron chi connectivity index (χ4n) is 1.92. The molecule has 3 nitrogen and oxygen atoms in total. The lowest BCUT2D eigenvalue weighted by molar-refractivity contribution is 0.464. The molecule has 0 unspecified atom stereocenters. The van der Waals surface area contributed by atoms with Gasteiger partial charge in [-0.3, -0.25) is 0 Å². The maximum Gasteiger partial charge on any atom is 0.171 e. The minimum atomic E-state index is 0.0416. The molecule has 2 aromatic rings. The maximum absolute atomic E-state index is 5.34. The second kappa shape index (κ2) is 6.57. The molecule has 0 saturated heterocycles. The highest BCUT2D eigenvalue weighted by Crippen LogP contribution is 2.17. The third-order valence-corrected chi connectivity index (χ3v) is 3.37. The van der Waals surface area contributed by atoms with Crippen molar-refractivity contribution in [3.8, 4) is 0 Å². The van der Waals surface area contributed by atoms with Crippen molar-refractivity contribution in [3.63, 3.8) is 0 Å². The molecule has 0 spiro atoms. The minimum Gasteiger partial charge on any atom is -0.467 e. The van der Waals surface area contributed by atoms with Crippen molar-refractivity contribution in [2.45, 2.75) is 32.7 Å². The van der Waals surface area contributed by atoms with E-state index in [2.05, 4.69) is 36.6 Å². The predicted octanol–water partition coefficient (Wildman–Crippen LogP) is 4.45. The molecule has 1 atom stereocenters. The SMILES string of the molecule is CC(C)c1ccc(NC(=S)N[C@@H](C)c2ccco2)cc1. The molecule has 1 aromatic heterocycles. The Morgan fingerprint density at radius 2 is 1.80 bits per heavy atom. The average Bonchev–Trinajstić information content (AvgIpc) is 2.93. The zero-order chi connectivity index (χ0) is 14.5. The van der Waals surface area contributed by atoms with Crippen LogP contribution in [0.1, 0.15) is 44.1 Å². The molecule has 0 aliphatic rings. The number of hydrogen-bond acceptors (Lipinski definition) is 2. The van der Waals surface area contributed by atoms with Gasteiger partial charge < -0.3 is 15.1 Å². The molecule has 20 heavy (non-hydrogen) atoms. The van der Waals surface area contributed by atoms with Gasteiger partial charge in [0.15, 0.2) is 5.11 Å². The number of hydrogen-bond donors (Lipinski definition) is 2. The van der Waals surface area contributed by atoms with Gasteiger partial charge in [-0.25, -0.2) is 0 Å². The third kappa shape index (κ3) is 3.84. The Bertz CT molecular complexity index is 546. The van der Waals surface area contributed by atoms with E-state index in [4.69, 9.17) is 16.6 Å². The summed E-state index contributed by atoms with van der Waals surface area (Å²) in [4.78, 5) is 0. The minimum absolute atomic E-state index is 0.0416. The van der Waals surface area contributed by atoms with E-state index in [9.17, 15) is 0 Å². The van der Waals surface area contributed by atoms with Crippen LogP contribution in [0.5, 0.6) is 0 Å². The van der Waals surface area contributed by atoms with Crippen LogP contribution >= 0.6 is 12.2 Å². The molecular weight excluding hydrogens is 268 g/mol. The molecular formula is C16H20N2OS. The van der Waals surface area contributed by atoms with Crippen LogP contribution in [0.25, 0.3) is 0 Å². The van der Waals surface area contributed by atoms with Crippen molar-refractivity contribution in [3.05, 3.63) is 54.0 Å². The van der Waals surface area contributed by atoms with Crippen LogP contribution < -0.4 is 10.6 Å². The number of benzene rings is 1. The summed E-state index contributed by atoms with van der Waals surface area (Å²) < 4.78 is 5.34. The van der Waals surface area contributed by atoms with E-state index < -0.39 is 0 Å². The van der Waals surface area contributed by atoms with Crippen LogP contribution in [0.15, 0.2) is 47.1 Å². The molecule has 0 aliphatic carbocycles. The molecule has 106 valence electrons. The van der Waals surface area contributed by atoms with Crippen LogP contribution in [0, 0.1) is 0 Å². The van der Waals surface area contributed by atoms with E-state index in [1.807, 2.05) is 31.2 Å². The molecule has 0 bridgehead atoms. The first-order chi connectivity index (χ1) is 9.56. The van der Waals surface area contributed by atoms with E-state index in [1.54, 1.807) is 6.26 Å². The van der Waals surface area contributed by atoms with Crippen molar-refractivity contribution in [1.29, 1.82) is 0 Å².